The molecule has 1 amide bonds. The normalized spacial score (nSPS) is 10.1. The van der Waals surface area contributed by atoms with Gasteiger partial charge in [-0.15, -0.1) is 0 Å². The zero-order chi connectivity index (χ0) is 11.3. The van der Waals surface area contributed by atoms with Gasteiger partial charge in [-0.25, -0.2) is 4.79 Å². The summed E-state index contributed by atoms with van der Waals surface area (Å²) >= 11 is 1.25. The summed E-state index contributed by atoms with van der Waals surface area (Å²) in [7, 11) is 0. The number of hydrogen-bond acceptors (Lipinski definition) is 3. The van der Waals surface area contributed by atoms with Crippen LogP contribution in [0.15, 0.2) is 29.2 Å². The number of hydrogen-bond donors (Lipinski definition) is 1. The average Bonchev–Trinajstić information content (AvgIpc) is 2.16. The van der Waals surface area contributed by atoms with Crippen molar-refractivity contribution in [3.8, 4) is 0 Å². The first-order chi connectivity index (χ1) is 7.08. The van der Waals surface area contributed by atoms with Crippen LogP contribution in [-0.2, 0) is 4.74 Å². The molecule has 0 aliphatic carbocycles. The summed E-state index contributed by atoms with van der Waals surface area (Å²) in [5.74, 6) is 0. The van der Waals surface area contributed by atoms with Crippen LogP contribution in [-0.4, -0.2) is 12.2 Å². The minimum Gasteiger partial charge on any atom is -0.446 e. The van der Waals surface area contributed by atoms with Crippen molar-refractivity contribution in [2.75, 3.05) is 0 Å². The number of nitrogens with one attached hydrogen (secondary N) is 1. The lowest BCUT2D eigenvalue weighted by atomic mass is 10.2. The van der Waals surface area contributed by atoms with Gasteiger partial charge in [-0.1, -0.05) is 17.7 Å². The lowest BCUT2D eigenvalue weighted by Gasteiger charge is -2.08. The number of aryl methyl sites for hydroxylation is 1. The van der Waals surface area contributed by atoms with E-state index in [1.165, 1.54) is 17.5 Å². The number of carbonyl (C=O) groups is 1. The molecule has 0 aromatic heterocycles. The molecule has 0 bridgehead atoms. The Kier molecular flexibility index (Phi) is 4.49. The molecule has 1 aromatic rings. The van der Waals surface area contributed by atoms with Crippen LogP contribution in [0.5, 0.6) is 0 Å². The van der Waals surface area contributed by atoms with E-state index in [9.17, 15) is 4.79 Å². The maximum absolute atomic E-state index is 11.1. The third-order valence-electron chi connectivity index (χ3n) is 1.62. The molecule has 1 aromatic carbocycles. The van der Waals surface area contributed by atoms with E-state index in [0.29, 0.717) is 0 Å². The van der Waals surface area contributed by atoms with Crippen molar-refractivity contribution in [1.29, 1.82) is 0 Å². The SMILES string of the molecule is Cc1ccc(SNC(=O)OC(C)C)cc1. The molecule has 1 N–H and O–H groups in total. The number of amides is 1. The number of carbonyl (C=O) groups excluding carboxylic acids is 1. The van der Waals surface area contributed by atoms with Gasteiger partial charge in [0.25, 0.3) is 0 Å². The average molecular weight is 225 g/mol. The van der Waals surface area contributed by atoms with Crippen molar-refractivity contribution in [3.63, 3.8) is 0 Å². The van der Waals surface area contributed by atoms with Crippen molar-refractivity contribution in [1.82, 2.24) is 4.72 Å². The lowest BCUT2D eigenvalue weighted by molar-refractivity contribution is 0.122. The van der Waals surface area contributed by atoms with Crippen LogP contribution in [0, 0.1) is 6.92 Å². The Morgan fingerprint density at radius 3 is 2.47 bits per heavy atom. The Morgan fingerprint density at radius 1 is 1.33 bits per heavy atom. The summed E-state index contributed by atoms with van der Waals surface area (Å²) in [6.07, 6.45) is -0.501. The summed E-state index contributed by atoms with van der Waals surface area (Å²) in [5.41, 5.74) is 1.20. The highest BCUT2D eigenvalue weighted by molar-refractivity contribution is 7.98. The largest absolute Gasteiger partial charge is 0.446 e. The number of rotatable bonds is 3. The highest BCUT2D eigenvalue weighted by Crippen LogP contribution is 2.14. The first kappa shape index (κ1) is 11.9. The van der Waals surface area contributed by atoms with Crippen molar-refractivity contribution < 1.29 is 9.53 Å². The van der Waals surface area contributed by atoms with Crippen molar-refractivity contribution >= 4 is 18.0 Å². The molecule has 0 aliphatic rings. The fourth-order valence-electron chi connectivity index (χ4n) is 0.945. The summed E-state index contributed by atoms with van der Waals surface area (Å²) in [4.78, 5) is 12.1. The zero-order valence-corrected chi connectivity index (χ0v) is 9.93. The molecule has 3 nitrogen and oxygen atoms in total. The van der Waals surface area contributed by atoms with E-state index < -0.39 is 6.09 Å². The predicted molar refractivity (Wildman–Crippen MR) is 61.8 cm³/mol. The van der Waals surface area contributed by atoms with Crippen LogP contribution in [0.1, 0.15) is 19.4 Å². The molecule has 4 heteroatoms. The second-order valence-corrected chi connectivity index (χ2v) is 4.35. The molecule has 0 unspecified atom stereocenters. The van der Waals surface area contributed by atoms with Gasteiger partial charge in [0.15, 0.2) is 0 Å². The van der Waals surface area contributed by atoms with E-state index in [1.807, 2.05) is 45.0 Å². The molecule has 0 heterocycles. The quantitative estimate of drug-likeness (QED) is 0.803. The molecule has 1 rings (SSSR count). The maximum Gasteiger partial charge on any atom is 0.417 e. The van der Waals surface area contributed by atoms with E-state index in [-0.39, 0.29) is 6.10 Å². The van der Waals surface area contributed by atoms with Gasteiger partial charge < -0.3 is 4.74 Å². The van der Waals surface area contributed by atoms with Crippen molar-refractivity contribution in [2.24, 2.45) is 0 Å². The van der Waals surface area contributed by atoms with Crippen LogP contribution in [0.2, 0.25) is 0 Å². The topological polar surface area (TPSA) is 38.3 Å². The van der Waals surface area contributed by atoms with Gasteiger partial charge in [0, 0.05) is 4.90 Å². The Morgan fingerprint density at radius 2 is 1.93 bits per heavy atom. The van der Waals surface area contributed by atoms with Crippen molar-refractivity contribution in [2.45, 2.75) is 31.8 Å². The molecule has 0 radical (unpaired) electrons. The zero-order valence-electron chi connectivity index (χ0n) is 9.11. The molecular weight excluding hydrogens is 210 g/mol. The van der Waals surface area contributed by atoms with Gasteiger partial charge in [-0.3, -0.25) is 4.72 Å². The first-order valence-electron chi connectivity index (χ1n) is 4.78. The highest BCUT2D eigenvalue weighted by atomic mass is 32.2. The minimum atomic E-state index is -0.407. The summed E-state index contributed by atoms with van der Waals surface area (Å²) < 4.78 is 7.53. The highest BCUT2D eigenvalue weighted by Gasteiger charge is 2.04. The van der Waals surface area contributed by atoms with Gasteiger partial charge in [0.1, 0.15) is 0 Å². The van der Waals surface area contributed by atoms with Crippen LogP contribution >= 0.6 is 11.9 Å². The van der Waals surface area contributed by atoms with Gasteiger partial charge in [0.2, 0.25) is 0 Å². The van der Waals surface area contributed by atoms with E-state index in [0.717, 1.165) is 4.90 Å². The fourth-order valence-corrected chi connectivity index (χ4v) is 1.47. The van der Waals surface area contributed by atoms with Gasteiger partial charge in [-0.2, -0.15) is 0 Å². The third kappa shape index (κ3) is 4.74. The fraction of sp³-hybridized carbons (Fsp3) is 0.364. The van der Waals surface area contributed by atoms with Gasteiger partial charge in [-0.05, 0) is 44.9 Å². The van der Waals surface area contributed by atoms with E-state index in [2.05, 4.69) is 4.72 Å². The smallest absolute Gasteiger partial charge is 0.417 e. The van der Waals surface area contributed by atoms with Gasteiger partial charge >= 0.3 is 6.09 Å². The Balaban J connectivity index is 2.37. The molecule has 15 heavy (non-hydrogen) atoms. The summed E-state index contributed by atoms with van der Waals surface area (Å²) in [6, 6.07) is 7.90. The molecule has 0 saturated heterocycles. The first-order valence-corrected chi connectivity index (χ1v) is 5.59. The Bertz CT molecular complexity index is 322. The second kappa shape index (κ2) is 5.66. The van der Waals surface area contributed by atoms with E-state index >= 15 is 0 Å². The molecule has 0 fully saturated rings. The van der Waals surface area contributed by atoms with Crippen molar-refractivity contribution in [3.05, 3.63) is 29.8 Å². The summed E-state index contributed by atoms with van der Waals surface area (Å²) in [5, 5.41) is 0. The molecule has 0 aliphatic heterocycles. The molecular formula is C11H15NO2S. The van der Waals surface area contributed by atoms with Gasteiger partial charge in [0.05, 0.1) is 6.10 Å². The monoisotopic (exact) mass is 225 g/mol. The Hall–Kier alpha value is -1.16. The molecule has 0 saturated carbocycles. The second-order valence-electron chi connectivity index (χ2n) is 3.47. The maximum atomic E-state index is 11.1. The Labute approximate surface area is 94.3 Å². The van der Waals surface area contributed by atoms with E-state index in [1.54, 1.807) is 0 Å². The molecule has 0 spiro atoms. The number of benzene rings is 1. The molecule has 0 atom stereocenters. The molecule has 82 valence electrons. The predicted octanol–water partition coefficient (Wildman–Crippen LogP) is 3.14. The van der Waals surface area contributed by atoms with Crippen LogP contribution in [0.4, 0.5) is 4.79 Å². The third-order valence-corrected chi connectivity index (χ3v) is 2.39. The standard InChI is InChI=1S/C11H15NO2S/c1-8(2)14-11(13)12-15-10-6-4-9(3)5-7-10/h4-8H,1-3H3,(H,12,13). The summed E-state index contributed by atoms with van der Waals surface area (Å²) in [6.45, 7) is 5.65. The lowest BCUT2D eigenvalue weighted by Crippen LogP contribution is -2.20. The van der Waals surface area contributed by atoms with Crippen LogP contribution in [0.3, 0.4) is 0 Å². The minimum absolute atomic E-state index is 0.0939. The van der Waals surface area contributed by atoms with Crippen LogP contribution in [0.25, 0.3) is 0 Å². The number of ether oxygens (including phenoxy) is 1. The van der Waals surface area contributed by atoms with Crippen LogP contribution < -0.4 is 4.72 Å². The van der Waals surface area contributed by atoms with E-state index in [4.69, 9.17) is 4.74 Å².